The van der Waals surface area contributed by atoms with E-state index in [1.807, 2.05) is 53.3 Å². The average molecular weight is 419 g/mol. The lowest BCUT2D eigenvalue weighted by Crippen LogP contribution is -2.13. The summed E-state index contributed by atoms with van der Waals surface area (Å²) in [6.45, 7) is -2.27. The minimum Gasteiger partial charge on any atom is -0.435 e. The first kappa shape index (κ1) is 20.3. The molecule has 5 nitrogen and oxygen atoms in total. The van der Waals surface area contributed by atoms with Crippen LogP contribution in [-0.2, 0) is 6.54 Å². The molecular formula is C24H19F2N3O2. The van der Waals surface area contributed by atoms with Crippen molar-refractivity contribution in [2.45, 2.75) is 13.2 Å². The fraction of sp³-hybridized carbons (Fsp3) is 0.0833. The van der Waals surface area contributed by atoms with Gasteiger partial charge in [0.05, 0.1) is 6.54 Å². The van der Waals surface area contributed by atoms with Gasteiger partial charge in [0, 0.05) is 29.7 Å². The number of amides is 1. The number of hydrogen-bond donors (Lipinski definition) is 1. The zero-order chi connectivity index (χ0) is 21.6. The Bertz CT molecular complexity index is 1160. The number of hydrogen-bond acceptors (Lipinski definition) is 3. The lowest BCUT2D eigenvalue weighted by atomic mass is 9.98. The number of alkyl halides is 2. The van der Waals surface area contributed by atoms with Gasteiger partial charge in [0.1, 0.15) is 5.75 Å². The van der Waals surface area contributed by atoms with Crippen LogP contribution in [0, 0.1) is 0 Å². The van der Waals surface area contributed by atoms with Gasteiger partial charge in [-0.3, -0.25) is 9.48 Å². The Morgan fingerprint density at radius 1 is 1.00 bits per heavy atom. The van der Waals surface area contributed by atoms with Gasteiger partial charge in [0.25, 0.3) is 5.91 Å². The number of nitrogens with one attached hydrogen (secondary N) is 1. The molecule has 0 saturated carbocycles. The van der Waals surface area contributed by atoms with E-state index in [1.165, 1.54) is 18.2 Å². The molecule has 0 aliphatic carbocycles. The molecule has 0 aliphatic heterocycles. The molecule has 3 aromatic carbocycles. The minimum atomic E-state index is -2.93. The topological polar surface area (TPSA) is 56.1 Å². The summed E-state index contributed by atoms with van der Waals surface area (Å²) in [7, 11) is 0. The highest BCUT2D eigenvalue weighted by Crippen LogP contribution is 2.26. The van der Waals surface area contributed by atoms with E-state index in [0.29, 0.717) is 17.8 Å². The van der Waals surface area contributed by atoms with Crippen molar-refractivity contribution in [3.05, 3.63) is 102 Å². The summed E-state index contributed by atoms with van der Waals surface area (Å²) in [5, 5.41) is 6.95. The van der Waals surface area contributed by atoms with E-state index in [0.717, 1.165) is 16.7 Å². The predicted octanol–water partition coefficient (Wildman–Crippen LogP) is 5.45. The molecule has 1 heterocycles. The van der Waals surface area contributed by atoms with Crippen molar-refractivity contribution >= 4 is 11.6 Å². The summed E-state index contributed by atoms with van der Waals surface area (Å²) in [6.07, 6.45) is 3.63. The third kappa shape index (κ3) is 5.14. The van der Waals surface area contributed by atoms with Crippen molar-refractivity contribution in [3.8, 4) is 16.9 Å². The summed E-state index contributed by atoms with van der Waals surface area (Å²) in [6, 6.07) is 22.9. The molecule has 0 atom stereocenters. The fourth-order valence-electron chi connectivity index (χ4n) is 3.25. The van der Waals surface area contributed by atoms with Crippen LogP contribution in [0.5, 0.6) is 5.75 Å². The third-order valence-corrected chi connectivity index (χ3v) is 4.66. The van der Waals surface area contributed by atoms with Crippen molar-refractivity contribution in [2.75, 3.05) is 5.32 Å². The van der Waals surface area contributed by atoms with E-state index in [4.69, 9.17) is 0 Å². The second kappa shape index (κ2) is 9.21. The van der Waals surface area contributed by atoms with Crippen LogP contribution in [0.2, 0.25) is 0 Å². The van der Waals surface area contributed by atoms with Gasteiger partial charge >= 0.3 is 6.61 Å². The van der Waals surface area contributed by atoms with Crippen molar-refractivity contribution in [1.29, 1.82) is 0 Å². The molecule has 0 unspecified atom stereocenters. The SMILES string of the molecule is O=C(Nc1cccc(OC(F)F)c1)c1ccccc1-c1ccc(Cn2cccn2)cc1. The molecule has 4 aromatic rings. The van der Waals surface area contributed by atoms with Gasteiger partial charge < -0.3 is 10.1 Å². The lowest BCUT2D eigenvalue weighted by Gasteiger charge is -2.12. The number of aromatic nitrogens is 2. The first-order valence-electron chi connectivity index (χ1n) is 9.60. The molecule has 7 heteroatoms. The molecule has 0 bridgehead atoms. The van der Waals surface area contributed by atoms with Crippen LogP contribution in [0.3, 0.4) is 0 Å². The summed E-state index contributed by atoms with van der Waals surface area (Å²) < 4.78 is 31.1. The van der Waals surface area contributed by atoms with E-state index in [2.05, 4.69) is 15.2 Å². The number of ether oxygens (including phenoxy) is 1. The predicted molar refractivity (Wildman–Crippen MR) is 114 cm³/mol. The Kier molecular flexibility index (Phi) is 6.03. The molecular weight excluding hydrogens is 400 g/mol. The van der Waals surface area contributed by atoms with Crippen LogP contribution in [0.1, 0.15) is 15.9 Å². The summed E-state index contributed by atoms with van der Waals surface area (Å²) in [5.41, 5.74) is 3.59. The van der Waals surface area contributed by atoms with Gasteiger partial charge in [-0.05, 0) is 41.0 Å². The maximum absolute atomic E-state index is 12.9. The van der Waals surface area contributed by atoms with Crippen LogP contribution in [0.15, 0.2) is 91.3 Å². The Labute approximate surface area is 177 Å². The molecule has 4 rings (SSSR count). The van der Waals surface area contributed by atoms with Crippen molar-refractivity contribution in [3.63, 3.8) is 0 Å². The Morgan fingerprint density at radius 3 is 2.55 bits per heavy atom. The summed E-state index contributed by atoms with van der Waals surface area (Å²) in [5.74, 6) is -0.362. The molecule has 1 aromatic heterocycles. The monoisotopic (exact) mass is 419 g/mol. The second-order valence-corrected chi connectivity index (χ2v) is 6.81. The number of halogens is 2. The van der Waals surface area contributed by atoms with Crippen molar-refractivity contribution in [2.24, 2.45) is 0 Å². The number of carbonyl (C=O) groups excluding carboxylic acids is 1. The quantitative estimate of drug-likeness (QED) is 0.433. The smallest absolute Gasteiger partial charge is 0.387 e. The van der Waals surface area contributed by atoms with Crippen molar-refractivity contribution in [1.82, 2.24) is 9.78 Å². The molecule has 0 radical (unpaired) electrons. The van der Waals surface area contributed by atoms with E-state index >= 15 is 0 Å². The van der Waals surface area contributed by atoms with E-state index in [1.54, 1.807) is 24.4 Å². The number of anilines is 1. The molecule has 0 aliphatic rings. The highest BCUT2D eigenvalue weighted by molar-refractivity contribution is 6.08. The second-order valence-electron chi connectivity index (χ2n) is 6.81. The van der Waals surface area contributed by atoms with Crippen LogP contribution in [0.4, 0.5) is 14.5 Å². The molecule has 0 spiro atoms. The lowest BCUT2D eigenvalue weighted by molar-refractivity contribution is -0.0497. The van der Waals surface area contributed by atoms with Gasteiger partial charge in [-0.25, -0.2) is 0 Å². The zero-order valence-corrected chi connectivity index (χ0v) is 16.4. The van der Waals surface area contributed by atoms with Crippen LogP contribution >= 0.6 is 0 Å². The fourth-order valence-corrected chi connectivity index (χ4v) is 3.25. The molecule has 156 valence electrons. The van der Waals surface area contributed by atoms with E-state index in [-0.39, 0.29) is 11.7 Å². The summed E-state index contributed by atoms with van der Waals surface area (Å²) >= 11 is 0. The largest absolute Gasteiger partial charge is 0.435 e. The van der Waals surface area contributed by atoms with Gasteiger partial charge in [0.2, 0.25) is 0 Å². The first-order valence-corrected chi connectivity index (χ1v) is 9.60. The third-order valence-electron chi connectivity index (χ3n) is 4.66. The van der Waals surface area contributed by atoms with Crippen LogP contribution < -0.4 is 10.1 Å². The van der Waals surface area contributed by atoms with E-state index in [9.17, 15) is 13.6 Å². The van der Waals surface area contributed by atoms with Crippen molar-refractivity contribution < 1.29 is 18.3 Å². The molecule has 0 saturated heterocycles. The number of benzene rings is 3. The summed E-state index contributed by atoms with van der Waals surface area (Å²) in [4.78, 5) is 12.9. The minimum absolute atomic E-state index is 0.0196. The Morgan fingerprint density at radius 2 is 1.81 bits per heavy atom. The van der Waals surface area contributed by atoms with Gasteiger partial charge in [-0.15, -0.1) is 0 Å². The zero-order valence-electron chi connectivity index (χ0n) is 16.4. The molecule has 1 N–H and O–H groups in total. The van der Waals surface area contributed by atoms with Crippen LogP contribution in [-0.4, -0.2) is 22.3 Å². The van der Waals surface area contributed by atoms with Gasteiger partial charge in [-0.1, -0.05) is 48.5 Å². The maximum atomic E-state index is 12.9. The highest BCUT2D eigenvalue weighted by atomic mass is 19.3. The van der Waals surface area contributed by atoms with E-state index < -0.39 is 6.61 Å². The Hall–Kier alpha value is -4.00. The normalized spacial score (nSPS) is 10.8. The molecule has 0 fully saturated rings. The first-order chi connectivity index (χ1) is 15.1. The Balaban J connectivity index is 1.53. The van der Waals surface area contributed by atoms with Crippen LogP contribution in [0.25, 0.3) is 11.1 Å². The molecule has 31 heavy (non-hydrogen) atoms. The number of carbonyl (C=O) groups is 1. The number of rotatable bonds is 7. The standard InChI is InChI=1S/C24H19F2N3O2/c25-24(26)31-20-6-3-5-19(15-20)28-23(30)22-8-2-1-7-21(22)18-11-9-17(10-12-18)16-29-14-4-13-27-29/h1-15,24H,16H2,(H,28,30). The van der Waals surface area contributed by atoms with Gasteiger partial charge in [0.15, 0.2) is 0 Å². The maximum Gasteiger partial charge on any atom is 0.387 e. The molecule has 1 amide bonds. The number of nitrogens with zero attached hydrogens (tertiary/aromatic N) is 2. The highest BCUT2D eigenvalue weighted by Gasteiger charge is 2.14. The van der Waals surface area contributed by atoms with Gasteiger partial charge in [-0.2, -0.15) is 13.9 Å². The average Bonchev–Trinajstić information content (AvgIpc) is 3.27.